The van der Waals surface area contributed by atoms with Crippen molar-refractivity contribution < 1.29 is 18.0 Å². The van der Waals surface area contributed by atoms with Crippen molar-refractivity contribution in [3.8, 4) is 16.8 Å². The van der Waals surface area contributed by atoms with Crippen LogP contribution in [0, 0.1) is 17.5 Å². The fraction of sp³-hybridized carbons (Fsp3) is 0. The molecule has 0 radical (unpaired) electrons. The van der Waals surface area contributed by atoms with Crippen molar-refractivity contribution in [2.45, 2.75) is 0 Å². The van der Waals surface area contributed by atoms with Crippen molar-refractivity contribution >= 4 is 28.3 Å². The number of aromatic nitrogens is 2. The van der Waals surface area contributed by atoms with Gasteiger partial charge in [0.1, 0.15) is 17.2 Å². The number of nitrogens with two attached hydrogens (primary N) is 3. The van der Waals surface area contributed by atoms with Gasteiger partial charge in [0.2, 0.25) is 5.43 Å². The zero-order valence-corrected chi connectivity index (χ0v) is 16.2. The molecule has 11 heteroatoms. The van der Waals surface area contributed by atoms with Crippen molar-refractivity contribution in [2.24, 2.45) is 11.6 Å². The fourth-order valence-corrected chi connectivity index (χ4v) is 3.59. The molecule has 4 aromatic rings. The Morgan fingerprint density at radius 2 is 1.62 bits per heavy atom. The molecule has 0 saturated heterocycles. The second kappa shape index (κ2) is 7.71. The van der Waals surface area contributed by atoms with Gasteiger partial charge in [-0.15, -0.1) is 0 Å². The summed E-state index contributed by atoms with van der Waals surface area (Å²) >= 11 is 0. The van der Waals surface area contributed by atoms with Crippen LogP contribution in [0.25, 0.3) is 27.7 Å². The van der Waals surface area contributed by atoms with E-state index in [1.807, 2.05) is 0 Å². The van der Waals surface area contributed by atoms with E-state index >= 15 is 8.78 Å². The van der Waals surface area contributed by atoms with Crippen molar-refractivity contribution in [3.05, 3.63) is 82.0 Å². The molecule has 0 aliphatic heterocycles. The van der Waals surface area contributed by atoms with Crippen LogP contribution in [0.15, 0.2) is 53.6 Å². The minimum Gasteiger partial charge on any atom is -0.384 e. The van der Waals surface area contributed by atoms with Gasteiger partial charge in [-0.05, 0) is 42.0 Å². The number of primary amides is 1. The summed E-state index contributed by atoms with van der Waals surface area (Å²) in [6.45, 7) is 0. The molecule has 2 heterocycles. The summed E-state index contributed by atoms with van der Waals surface area (Å²) < 4.78 is 45.8. The molecule has 0 aliphatic carbocycles. The summed E-state index contributed by atoms with van der Waals surface area (Å²) in [6, 6.07) is 7.33. The maximum atomic E-state index is 15.9. The fourth-order valence-electron chi connectivity index (χ4n) is 3.59. The molecule has 2 aromatic carbocycles. The number of hydrogen-bond acceptors (Lipinski definition) is 6. The molecule has 0 unspecified atom stereocenters. The molecule has 32 heavy (non-hydrogen) atoms. The predicted molar refractivity (Wildman–Crippen MR) is 113 cm³/mol. The van der Waals surface area contributed by atoms with Gasteiger partial charge in [-0.3, -0.25) is 25.0 Å². The van der Waals surface area contributed by atoms with Crippen molar-refractivity contribution in [3.63, 3.8) is 0 Å². The lowest BCUT2D eigenvalue weighted by Crippen LogP contribution is -2.29. The number of pyridine rings is 2. The van der Waals surface area contributed by atoms with E-state index in [2.05, 4.69) is 10.4 Å². The van der Waals surface area contributed by atoms with Crippen LogP contribution in [0.3, 0.4) is 0 Å². The number of nitrogen functional groups attached to an aromatic ring is 2. The topological polar surface area (TPSA) is 142 Å². The van der Waals surface area contributed by atoms with E-state index in [1.54, 1.807) is 0 Å². The molecule has 0 spiro atoms. The van der Waals surface area contributed by atoms with Crippen LogP contribution in [-0.4, -0.2) is 15.5 Å². The van der Waals surface area contributed by atoms with E-state index in [9.17, 15) is 14.0 Å². The summed E-state index contributed by atoms with van der Waals surface area (Å²) in [7, 11) is 0. The molecule has 0 fully saturated rings. The first-order valence-electron chi connectivity index (χ1n) is 9.09. The first-order valence-corrected chi connectivity index (χ1v) is 9.09. The largest absolute Gasteiger partial charge is 0.384 e. The van der Waals surface area contributed by atoms with Crippen LogP contribution >= 0.6 is 0 Å². The van der Waals surface area contributed by atoms with E-state index in [4.69, 9.17) is 17.3 Å². The maximum absolute atomic E-state index is 15.9. The lowest BCUT2D eigenvalue weighted by Gasteiger charge is -2.21. The van der Waals surface area contributed by atoms with Gasteiger partial charge in [0.05, 0.1) is 22.2 Å². The molecule has 4 rings (SSSR count). The molecule has 2 aromatic heterocycles. The monoisotopic (exact) mass is 440 g/mol. The van der Waals surface area contributed by atoms with E-state index in [0.29, 0.717) is 0 Å². The van der Waals surface area contributed by atoms with E-state index in [0.717, 1.165) is 16.7 Å². The number of carbonyl (C=O) groups is 1. The second-order valence-corrected chi connectivity index (χ2v) is 6.75. The average Bonchev–Trinajstić information content (AvgIpc) is 2.76. The van der Waals surface area contributed by atoms with Crippen molar-refractivity contribution in [1.82, 2.24) is 9.55 Å². The average molecular weight is 440 g/mol. The number of hydrazine groups is 1. The zero-order valence-electron chi connectivity index (χ0n) is 16.2. The minimum atomic E-state index is -1.22. The number of hydrogen-bond donors (Lipinski definition) is 4. The Hall–Kier alpha value is -4.38. The van der Waals surface area contributed by atoms with Crippen molar-refractivity contribution in [2.75, 3.05) is 11.2 Å². The first-order chi connectivity index (χ1) is 15.3. The maximum Gasteiger partial charge on any atom is 0.256 e. The number of halogens is 3. The van der Waals surface area contributed by atoms with Crippen LogP contribution < -0.4 is 28.2 Å². The van der Waals surface area contributed by atoms with Gasteiger partial charge < -0.3 is 16.9 Å². The Bertz CT molecular complexity index is 1440. The van der Waals surface area contributed by atoms with Crippen LogP contribution in [0.2, 0.25) is 0 Å². The van der Waals surface area contributed by atoms with Gasteiger partial charge in [0.25, 0.3) is 5.91 Å². The zero-order chi connectivity index (χ0) is 23.2. The number of fused-ring (bicyclic) bond motifs is 1. The Morgan fingerprint density at radius 3 is 2.19 bits per heavy atom. The normalized spacial score (nSPS) is 11.0. The predicted octanol–water partition coefficient (Wildman–Crippen LogP) is 2.44. The van der Waals surface area contributed by atoms with Crippen molar-refractivity contribution in [1.29, 1.82) is 0 Å². The van der Waals surface area contributed by atoms with Gasteiger partial charge in [0, 0.05) is 18.1 Å². The first kappa shape index (κ1) is 20.9. The Morgan fingerprint density at radius 1 is 1.00 bits per heavy atom. The third kappa shape index (κ3) is 3.03. The number of carbonyl (C=O) groups excluding carboxylic acids is 1. The summed E-state index contributed by atoms with van der Waals surface area (Å²) in [6.07, 6.45) is 2.65. The number of nitrogens with one attached hydrogen (secondary N) is 1. The van der Waals surface area contributed by atoms with Crippen LogP contribution in [0.1, 0.15) is 10.4 Å². The molecule has 162 valence electrons. The van der Waals surface area contributed by atoms with Crippen LogP contribution in [0.5, 0.6) is 0 Å². The summed E-state index contributed by atoms with van der Waals surface area (Å²) in [5.41, 5.74) is 10.2. The van der Waals surface area contributed by atoms with Gasteiger partial charge in [-0.1, -0.05) is 0 Å². The molecule has 0 bridgehead atoms. The molecule has 0 atom stereocenters. The molecule has 7 N–H and O–H groups in total. The number of amides is 1. The quantitative estimate of drug-likeness (QED) is 0.284. The van der Waals surface area contributed by atoms with Crippen LogP contribution in [0.4, 0.5) is 24.7 Å². The van der Waals surface area contributed by atoms with Crippen LogP contribution in [-0.2, 0) is 0 Å². The highest BCUT2D eigenvalue weighted by molar-refractivity contribution is 6.06. The molecule has 0 aliphatic rings. The Kier molecular flexibility index (Phi) is 5.03. The molecular formula is C21H15F3N6O2. The van der Waals surface area contributed by atoms with E-state index < -0.39 is 62.3 Å². The number of anilines is 2. The summed E-state index contributed by atoms with van der Waals surface area (Å²) in [5.74, 6) is 0.835. The molecule has 8 nitrogen and oxygen atoms in total. The standard InChI is InChI=1S/C21H15F3N6O2/c22-10-1-3-11(4-2-10)30-18-13(19(31)14(20(30)25)21(26)32)17(29-27)15(23)12(16(18)24)9-5-7-28-8-6-9/h1-8,29H,25,27H2,(H2,26,32). The van der Waals surface area contributed by atoms with Gasteiger partial charge in [-0.2, -0.15) is 0 Å². The molecule has 1 amide bonds. The highest BCUT2D eigenvalue weighted by Gasteiger charge is 2.29. The molecular weight excluding hydrogens is 425 g/mol. The van der Waals surface area contributed by atoms with Gasteiger partial charge in [0.15, 0.2) is 11.6 Å². The van der Waals surface area contributed by atoms with E-state index in [1.165, 1.54) is 36.7 Å². The lowest BCUT2D eigenvalue weighted by atomic mass is 9.98. The summed E-state index contributed by atoms with van der Waals surface area (Å²) in [5, 5.41) is -0.590. The Balaban J connectivity index is 2.32. The van der Waals surface area contributed by atoms with Gasteiger partial charge >= 0.3 is 0 Å². The smallest absolute Gasteiger partial charge is 0.256 e. The highest BCUT2D eigenvalue weighted by Crippen LogP contribution is 2.38. The summed E-state index contributed by atoms with van der Waals surface area (Å²) in [4.78, 5) is 28.9. The number of nitrogens with zero attached hydrogens (tertiary/aromatic N) is 2. The number of rotatable bonds is 4. The van der Waals surface area contributed by atoms with E-state index in [-0.39, 0.29) is 11.3 Å². The number of benzene rings is 2. The SMILES string of the molecule is NNc1c(F)c(-c2ccncc2)c(F)c2c1c(=O)c(C(N)=O)c(N)n2-c1ccc(F)cc1. The highest BCUT2D eigenvalue weighted by atomic mass is 19.1. The second-order valence-electron chi connectivity index (χ2n) is 6.75. The Labute approximate surface area is 178 Å². The minimum absolute atomic E-state index is 0.0885. The molecule has 0 saturated carbocycles. The lowest BCUT2D eigenvalue weighted by molar-refractivity contribution is 0.1000. The third-order valence-electron chi connectivity index (χ3n) is 4.97. The van der Waals surface area contributed by atoms with Gasteiger partial charge in [-0.25, -0.2) is 13.2 Å². The third-order valence-corrected chi connectivity index (χ3v) is 4.97.